The minimum atomic E-state index is -4.99. The monoisotopic (exact) mass is 440 g/mol. The summed E-state index contributed by atoms with van der Waals surface area (Å²) in [4.78, 5) is 50.8. The maximum Gasteiger partial charge on any atom is 0.363 e. The predicted octanol–water partition coefficient (Wildman–Crippen LogP) is -1.47. The van der Waals surface area contributed by atoms with E-state index in [1.54, 1.807) is 0 Å². The first-order valence-electron chi connectivity index (χ1n) is 7.06. The highest BCUT2D eigenvalue weighted by atomic mass is 35.5. The van der Waals surface area contributed by atoms with E-state index in [2.05, 4.69) is 20.4 Å². The van der Waals surface area contributed by atoms with E-state index >= 15 is 0 Å². The smallest absolute Gasteiger partial charge is 0.363 e. The van der Waals surface area contributed by atoms with Crippen LogP contribution in [0.2, 0.25) is 0 Å². The molecule has 0 unspecified atom stereocenters. The molecule has 1 aromatic rings. The Bertz CT molecular complexity index is 886. The average Bonchev–Trinajstić information content (AvgIpc) is 3.01. The van der Waals surface area contributed by atoms with Crippen LogP contribution in [0.4, 0.5) is 5.13 Å². The van der Waals surface area contributed by atoms with Crippen LogP contribution >= 0.6 is 22.9 Å². The van der Waals surface area contributed by atoms with Gasteiger partial charge in [0, 0.05) is 5.38 Å². The van der Waals surface area contributed by atoms with E-state index in [0.717, 1.165) is 18.4 Å². The number of hydrogen-bond acceptors (Lipinski definition) is 9. The highest BCUT2D eigenvalue weighted by molar-refractivity contribution is 7.84. The van der Waals surface area contributed by atoms with Crippen LogP contribution in [-0.2, 0) is 40.6 Å². The fourth-order valence-corrected chi connectivity index (χ4v) is 3.83. The third-order valence-corrected chi connectivity index (χ3v) is 5.27. The van der Waals surface area contributed by atoms with Crippen LogP contribution < -0.4 is 10.6 Å². The number of esters is 1. The molecule has 27 heavy (non-hydrogen) atoms. The molecule has 1 saturated heterocycles. The van der Waals surface area contributed by atoms with Crippen LogP contribution in [0.25, 0.3) is 0 Å². The second-order valence-corrected chi connectivity index (χ2v) is 7.54. The summed E-state index contributed by atoms with van der Waals surface area (Å²) in [6, 6.07) is -3.23. The SMILES string of the molecule is COC(=O)[C@H]1[C@@H](NC(=O)Cc2csc(NC(=O)CCl)n2)C(=O)N1S(=O)(=O)O. The first-order chi connectivity index (χ1) is 12.6. The number of alkyl halides is 1. The zero-order chi connectivity index (χ0) is 20.4. The first kappa shape index (κ1) is 21.0. The van der Waals surface area contributed by atoms with Crippen molar-refractivity contribution in [3.8, 4) is 0 Å². The van der Waals surface area contributed by atoms with Crippen molar-refractivity contribution in [2.45, 2.75) is 18.5 Å². The molecule has 1 fully saturated rings. The Morgan fingerprint density at radius 1 is 1.41 bits per heavy atom. The lowest BCUT2D eigenvalue weighted by molar-refractivity contribution is -0.162. The fraction of sp³-hybridized carbons (Fsp3) is 0.417. The molecule has 12 nitrogen and oxygen atoms in total. The molecule has 0 saturated carbocycles. The Hall–Kier alpha value is -2.29. The van der Waals surface area contributed by atoms with Gasteiger partial charge >= 0.3 is 16.3 Å². The third kappa shape index (κ3) is 4.71. The minimum Gasteiger partial charge on any atom is -0.467 e. The second-order valence-electron chi connectivity index (χ2n) is 5.13. The van der Waals surface area contributed by atoms with Gasteiger partial charge in [0.2, 0.25) is 11.8 Å². The number of nitrogens with one attached hydrogen (secondary N) is 2. The zero-order valence-corrected chi connectivity index (χ0v) is 15.9. The van der Waals surface area contributed by atoms with Crippen molar-refractivity contribution < 1.29 is 36.9 Å². The number of aromatic nitrogens is 1. The summed E-state index contributed by atoms with van der Waals surface area (Å²) in [5.41, 5.74) is 0.260. The predicted molar refractivity (Wildman–Crippen MR) is 91.3 cm³/mol. The number of methoxy groups -OCH3 is 1. The van der Waals surface area contributed by atoms with Crippen molar-refractivity contribution in [1.82, 2.24) is 14.6 Å². The van der Waals surface area contributed by atoms with Gasteiger partial charge in [-0.15, -0.1) is 22.9 Å². The molecule has 0 aromatic carbocycles. The Labute approximate surface area is 161 Å². The highest BCUT2D eigenvalue weighted by Gasteiger charge is 2.58. The molecule has 0 bridgehead atoms. The number of hydrogen-bond donors (Lipinski definition) is 3. The molecule has 3 N–H and O–H groups in total. The normalized spacial score (nSPS) is 19.2. The first-order valence-corrected chi connectivity index (χ1v) is 9.87. The van der Waals surface area contributed by atoms with E-state index < -0.39 is 46.1 Å². The molecular formula is C12H13ClN4O8S2. The summed E-state index contributed by atoms with van der Waals surface area (Å²) in [6.45, 7) is 0. The van der Waals surface area contributed by atoms with Crippen LogP contribution in [-0.4, -0.2) is 71.0 Å². The number of carbonyl (C=O) groups is 4. The lowest BCUT2D eigenvalue weighted by Gasteiger charge is -2.41. The van der Waals surface area contributed by atoms with Gasteiger partial charge in [-0.3, -0.25) is 18.9 Å². The molecule has 0 aliphatic carbocycles. The van der Waals surface area contributed by atoms with Gasteiger partial charge in [0.15, 0.2) is 11.2 Å². The van der Waals surface area contributed by atoms with Crippen LogP contribution in [0.1, 0.15) is 5.69 Å². The summed E-state index contributed by atoms with van der Waals surface area (Å²) in [7, 11) is -4.03. The number of nitrogens with zero attached hydrogens (tertiary/aromatic N) is 2. The van der Waals surface area contributed by atoms with E-state index in [1.807, 2.05) is 0 Å². The minimum absolute atomic E-state index is 0.0770. The molecule has 3 amide bonds. The van der Waals surface area contributed by atoms with Crippen molar-refractivity contribution in [1.29, 1.82) is 0 Å². The van der Waals surface area contributed by atoms with Crippen molar-refractivity contribution >= 4 is 62.1 Å². The molecule has 0 spiro atoms. The van der Waals surface area contributed by atoms with Gasteiger partial charge in [-0.05, 0) is 0 Å². The van der Waals surface area contributed by atoms with Crippen LogP contribution in [0, 0.1) is 0 Å². The lowest BCUT2D eigenvalue weighted by Crippen LogP contribution is -2.74. The van der Waals surface area contributed by atoms with E-state index in [-0.39, 0.29) is 27.4 Å². The van der Waals surface area contributed by atoms with Crippen molar-refractivity contribution in [2.24, 2.45) is 0 Å². The number of amides is 3. The van der Waals surface area contributed by atoms with Crippen molar-refractivity contribution in [3.63, 3.8) is 0 Å². The summed E-state index contributed by atoms with van der Waals surface area (Å²) >= 11 is 6.39. The topological polar surface area (TPSA) is 172 Å². The number of anilines is 1. The van der Waals surface area contributed by atoms with Crippen molar-refractivity contribution in [3.05, 3.63) is 11.1 Å². The van der Waals surface area contributed by atoms with E-state index in [0.29, 0.717) is 0 Å². The van der Waals surface area contributed by atoms with E-state index in [9.17, 15) is 27.6 Å². The maximum atomic E-state index is 12.1. The fourth-order valence-electron chi connectivity index (χ4n) is 2.20. The molecular weight excluding hydrogens is 428 g/mol. The number of rotatable bonds is 7. The molecule has 1 aliphatic heterocycles. The molecule has 2 heterocycles. The average molecular weight is 441 g/mol. The Balaban J connectivity index is 2.03. The second kappa shape index (κ2) is 8.16. The highest BCUT2D eigenvalue weighted by Crippen LogP contribution is 2.25. The number of ether oxygens (including phenoxy) is 1. The number of thiazole rings is 1. The summed E-state index contributed by atoms with van der Waals surface area (Å²) in [5.74, 6) is -3.80. The van der Waals surface area contributed by atoms with Gasteiger partial charge in [-0.2, -0.15) is 12.7 Å². The van der Waals surface area contributed by atoms with Crippen LogP contribution in [0.3, 0.4) is 0 Å². The maximum absolute atomic E-state index is 12.1. The van der Waals surface area contributed by atoms with Gasteiger partial charge in [0.25, 0.3) is 5.91 Å². The summed E-state index contributed by atoms with van der Waals surface area (Å²) < 4.78 is 35.7. The van der Waals surface area contributed by atoms with Gasteiger partial charge in [0.05, 0.1) is 19.2 Å². The molecule has 15 heteroatoms. The van der Waals surface area contributed by atoms with E-state index in [4.69, 9.17) is 16.2 Å². The molecule has 1 aliphatic rings. The number of carbonyl (C=O) groups excluding carboxylic acids is 4. The lowest BCUT2D eigenvalue weighted by atomic mass is 9.98. The van der Waals surface area contributed by atoms with Crippen molar-refractivity contribution in [2.75, 3.05) is 18.3 Å². The van der Waals surface area contributed by atoms with Crippen LogP contribution in [0.5, 0.6) is 0 Å². The molecule has 2 atom stereocenters. The van der Waals surface area contributed by atoms with Gasteiger partial charge in [-0.25, -0.2) is 9.78 Å². The number of β-lactam (4-membered cyclic amide) rings is 1. The molecule has 148 valence electrons. The molecule has 0 radical (unpaired) electrons. The standard InChI is InChI=1S/C12H13ClN4O8S2/c1-25-11(21)9-8(10(20)17(9)27(22,23)24)15-6(18)2-5-4-26-12(14-5)16-7(19)3-13/h4,8-9H,2-3H2,1H3,(H,15,18)(H,14,16,19)(H,22,23,24)/t8-,9-/m1/s1. The third-order valence-electron chi connectivity index (χ3n) is 3.32. The zero-order valence-electron chi connectivity index (χ0n) is 13.5. The number of halogens is 1. The van der Waals surface area contributed by atoms with Crippen LogP contribution in [0.15, 0.2) is 5.38 Å². The Kier molecular flexibility index (Phi) is 6.35. The molecule has 2 rings (SSSR count). The van der Waals surface area contributed by atoms with Gasteiger partial charge < -0.3 is 15.4 Å². The summed E-state index contributed by atoms with van der Waals surface area (Å²) in [6.07, 6.45) is -0.309. The van der Waals surface area contributed by atoms with E-state index in [1.165, 1.54) is 5.38 Å². The quantitative estimate of drug-likeness (QED) is 0.198. The summed E-state index contributed by atoms with van der Waals surface area (Å²) in [5, 5.41) is 6.29. The molecule has 1 aromatic heterocycles. The Morgan fingerprint density at radius 3 is 2.63 bits per heavy atom. The van der Waals surface area contributed by atoms with Gasteiger partial charge in [-0.1, -0.05) is 0 Å². The van der Waals surface area contributed by atoms with Gasteiger partial charge in [0.1, 0.15) is 11.9 Å². The Morgan fingerprint density at radius 2 is 2.07 bits per heavy atom. The largest absolute Gasteiger partial charge is 0.467 e.